The average molecular weight is 520 g/mol. The zero-order chi connectivity index (χ0) is 27.5. The molecule has 200 valence electrons. The molecule has 0 bridgehead atoms. The van der Waals surface area contributed by atoms with Crippen LogP contribution in [0.4, 0.5) is 0 Å². The third kappa shape index (κ3) is 9.23. The summed E-state index contributed by atoms with van der Waals surface area (Å²) in [5.74, 6) is -5.07. The van der Waals surface area contributed by atoms with Crippen molar-refractivity contribution in [2.75, 3.05) is 6.61 Å². The van der Waals surface area contributed by atoms with Crippen molar-refractivity contribution in [2.24, 2.45) is 11.5 Å². The zero-order valence-corrected chi connectivity index (χ0v) is 19.6. The second-order valence-electron chi connectivity index (χ2n) is 8.13. The quantitative estimate of drug-likeness (QED) is 0.120. The van der Waals surface area contributed by atoms with E-state index < -0.39 is 66.8 Å². The number of hydrogen-bond acceptors (Lipinski definition) is 9. The van der Waals surface area contributed by atoms with E-state index in [2.05, 4.69) is 25.9 Å². The van der Waals surface area contributed by atoms with E-state index in [9.17, 15) is 39.3 Å². The Morgan fingerprint density at radius 2 is 1.49 bits per heavy atom. The van der Waals surface area contributed by atoms with Gasteiger partial charge in [0.15, 0.2) is 0 Å². The van der Waals surface area contributed by atoms with Crippen LogP contribution in [-0.2, 0) is 36.8 Å². The van der Waals surface area contributed by atoms with Crippen LogP contribution in [0.5, 0.6) is 5.75 Å². The molecule has 0 aliphatic rings. The van der Waals surface area contributed by atoms with E-state index in [1.165, 1.54) is 36.8 Å². The Labute approximate surface area is 210 Å². The zero-order valence-electron chi connectivity index (χ0n) is 19.6. The molecule has 0 spiro atoms. The lowest BCUT2D eigenvalue weighted by molar-refractivity contribution is -0.143. The Hall–Kier alpha value is -4.50. The Balaban J connectivity index is 2.28. The molecule has 0 saturated heterocycles. The van der Waals surface area contributed by atoms with Crippen molar-refractivity contribution in [3.8, 4) is 5.75 Å². The van der Waals surface area contributed by atoms with Crippen molar-refractivity contribution in [2.45, 2.75) is 43.4 Å². The van der Waals surface area contributed by atoms with Crippen LogP contribution >= 0.6 is 0 Å². The number of aromatic amines is 1. The van der Waals surface area contributed by atoms with E-state index in [-0.39, 0.29) is 18.6 Å². The highest BCUT2D eigenvalue weighted by atomic mass is 16.4. The Kier molecular flexibility index (Phi) is 10.5. The van der Waals surface area contributed by atoms with Crippen molar-refractivity contribution < 1.29 is 39.3 Å². The molecule has 1 aromatic heterocycles. The molecule has 37 heavy (non-hydrogen) atoms. The number of aromatic nitrogens is 2. The number of aromatic hydroxyl groups is 1. The van der Waals surface area contributed by atoms with Gasteiger partial charge in [0.25, 0.3) is 0 Å². The number of carbonyl (C=O) groups is 5. The van der Waals surface area contributed by atoms with E-state index in [1.807, 2.05) is 0 Å². The molecular weight excluding hydrogens is 490 g/mol. The number of primary amides is 1. The van der Waals surface area contributed by atoms with Crippen LogP contribution in [0.1, 0.15) is 17.7 Å². The summed E-state index contributed by atoms with van der Waals surface area (Å²) in [6, 6.07) is 0.218. The van der Waals surface area contributed by atoms with Crippen LogP contribution < -0.4 is 27.4 Å². The summed E-state index contributed by atoms with van der Waals surface area (Å²) in [6.45, 7) is -0.680. The molecule has 0 saturated carbocycles. The molecule has 4 atom stereocenters. The third-order valence-corrected chi connectivity index (χ3v) is 5.17. The first kappa shape index (κ1) is 28.7. The SMILES string of the molecule is NC(=O)CC(NC(=O)C(Cc1cnc[nH]1)NC(=O)C(Cc1ccc(O)cc1)NC(=O)C(N)CO)C(=O)O. The van der Waals surface area contributed by atoms with Gasteiger partial charge in [-0.15, -0.1) is 0 Å². The molecule has 0 aliphatic carbocycles. The lowest BCUT2D eigenvalue weighted by Gasteiger charge is -2.25. The average Bonchev–Trinajstić information content (AvgIpc) is 3.36. The van der Waals surface area contributed by atoms with Gasteiger partial charge < -0.3 is 47.7 Å². The van der Waals surface area contributed by atoms with Crippen LogP contribution in [0, 0.1) is 0 Å². The summed E-state index contributed by atoms with van der Waals surface area (Å²) in [5.41, 5.74) is 11.6. The van der Waals surface area contributed by atoms with Gasteiger partial charge >= 0.3 is 5.97 Å². The highest BCUT2D eigenvalue weighted by Gasteiger charge is 2.31. The molecule has 0 radical (unpaired) electrons. The van der Waals surface area contributed by atoms with Gasteiger partial charge in [0.2, 0.25) is 23.6 Å². The topological polar surface area (TPSA) is 263 Å². The van der Waals surface area contributed by atoms with Gasteiger partial charge in [-0.1, -0.05) is 12.1 Å². The number of carboxylic acid groups (broad SMARTS) is 1. The van der Waals surface area contributed by atoms with Crippen molar-refractivity contribution in [3.63, 3.8) is 0 Å². The first-order valence-electron chi connectivity index (χ1n) is 11.0. The fourth-order valence-electron chi connectivity index (χ4n) is 3.21. The number of phenolic OH excluding ortho intramolecular Hbond substituents is 1. The Morgan fingerprint density at radius 1 is 0.919 bits per heavy atom. The highest BCUT2D eigenvalue weighted by molar-refractivity contribution is 5.95. The number of nitrogens with two attached hydrogens (primary N) is 2. The van der Waals surface area contributed by atoms with Gasteiger partial charge in [-0.25, -0.2) is 9.78 Å². The number of phenols is 1. The van der Waals surface area contributed by atoms with Crippen molar-refractivity contribution >= 4 is 29.6 Å². The van der Waals surface area contributed by atoms with E-state index >= 15 is 0 Å². The highest BCUT2D eigenvalue weighted by Crippen LogP contribution is 2.12. The largest absolute Gasteiger partial charge is 0.508 e. The number of carbonyl (C=O) groups excluding carboxylic acids is 4. The first-order chi connectivity index (χ1) is 17.5. The standard InChI is InChI=1S/C22H29N7O8/c23-14(9-30)19(33)27-15(5-11-1-3-13(31)4-2-11)20(34)28-16(6-12-8-25-10-26-12)21(35)29-17(22(36)37)7-18(24)32/h1-4,8,10,14-17,30-31H,5-7,9,23H2,(H2,24,32)(H,25,26)(H,27,33)(H,28,34)(H,29,35)(H,36,37). The minimum absolute atomic E-state index is 0.0173. The first-order valence-corrected chi connectivity index (χ1v) is 11.0. The van der Waals surface area contributed by atoms with Crippen LogP contribution in [-0.4, -0.2) is 85.7 Å². The fourth-order valence-corrected chi connectivity index (χ4v) is 3.21. The van der Waals surface area contributed by atoms with Gasteiger partial charge in [-0.2, -0.15) is 0 Å². The number of imidazole rings is 1. The van der Waals surface area contributed by atoms with Crippen molar-refractivity contribution in [1.29, 1.82) is 0 Å². The van der Waals surface area contributed by atoms with Crippen LogP contribution in [0.3, 0.4) is 0 Å². The monoisotopic (exact) mass is 519 g/mol. The molecule has 4 unspecified atom stereocenters. The number of rotatable bonds is 14. The maximum absolute atomic E-state index is 13.2. The molecule has 0 aliphatic heterocycles. The number of amides is 4. The molecule has 2 aromatic rings. The smallest absolute Gasteiger partial charge is 0.326 e. The Bertz CT molecular complexity index is 1090. The Morgan fingerprint density at radius 3 is 2.00 bits per heavy atom. The van der Waals surface area contributed by atoms with Gasteiger partial charge in [-0.3, -0.25) is 19.2 Å². The van der Waals surface area contributed by atoms with Gasteiger partial charge in [-0.05, 0) is 17.7 Å². The predicted molar refractivity (Wildman–Crippen MR) is 126 cm³/mol. The molecule has 15 heteroatoms. The summed E-state index contributed by atoms with van der Waals surface area (Å²) in [7, 11) is 0. The molecule has 1 aromatic carbocycles. The minimum Gasteiger partial charge on any atom is -0.508 e. The molecule has 15 nitrogen and oxygen atoms in total. The molecule has 0 fully saturated rings. The number of H-pyrrole nitrogens is 1. The van der Waals surface area contributed by atoms with E-state index in [1.54, 1.807) is 0 Å². The summed E-state index contributed by atoms with van der Waals surface area (Å²) in [4.78, 5) is 67.8. The lowest BCUT2D eigenvalue weighted by Crippen LogP contribution is -2.58. The predicted octanol–water partition coefficient (Wildman–Crippen LogP) is -3.37. The minimum atomic E-state index is -1.64. The number of nitrogens with one attached hydrogen (secondary N) is 4. The van der Waals surface area contributed by atoms with Crippen LogP contribution in [0.25, 0.3) is 0 Å². The molecule has 1 heterocycles. The number of aliphatic hydroxyl groups excluding tert-OH is 1. The number of aliphatic hydroxyl groups is 1. The van der Waals surface area contributed by atoms with Crippen LogP contribution in [0.15, 0.2) is 36.8 Å². The van der Waals surface area contributed by atoms with E-state index in [0.717, 1.165) is 0 Å². The number of carboxylic acids is 1. The second kappa shape index (κ2) is 13.6. The van der Waals surface area contributed by atoms with Gasteiger partial charge in [0.1, 0.15) is 29.9 Å². The number of nitrogens with zero attached hydrogens (tertiary/aromatic N) is 1. The lowest BCUT2D eigenvalue weighted by atomic mass is 10.0. The summed E-state index contributed by atoms with van der Waals surface area (Å²) in [5, 5.41) is 35.0. The van der Waals surface area contributed by atoms with Gasteiger partial charge in [0.05, 0.1) is 19.4 Å². The van der Waals surface area contributed by atoms with Crippen molar-refractivity contribution in [3.05, 3.63) is 48.0 Å². The molecule has 2 rings (SSSR count). The maximum atomic E-state index is 13.2. The number of benzene rings is 1. The molecule has 11 N–H and O–H groups in total. The van der Waals surface area contributed by atoms with E-state index in [4.69, 9.17) is 11.5 Å². The number of hydrogen-bond donors (Lipinski definition) is 9. The summed E-state index contributed by atoms with van der Waals surface area (Å²) >= 11 is 0. The third-order valence-electron chi connectivity index (χ3n) is 5.17. The molecule has 4 amide bonds. The van der Waals surface area contributed by atoms with Crippen molar-refractivity contribution in [1.82, 2.24) is 25.9 Å². The summed E-state index contributed by atoms with van der Waals surface area (Å²) in [6.07, 6.45) is 1.83. The van der Waals surface area contributed by atoms with E-state index in [0.29, 0.717) is 11.3 Å². The summed E-state index contributed by atoms with van der Waals surface area (Å²) < 4.78 is 0. The second-order valence-corrected chi connectivity index (χ2v) is 8.13. The fraction of sp³-hybridized carbons (Fsp3) is 0.364. The number of aliphatic carboxylic acids is 1. The molecular formula is C22H29N7O8. The normalized spacial score (nSPS) is 14.0. The van der Waals surface area contributed by atoms with Crippen LogP contribution in [0.2, 0.25) is 0 Å². The van der Waals surface area contributed by atoms with Gasteiger partial charge in [0, 0.05) is 24.7 Å². The maximum Gasteiger partial charge on any atom is 0.326 e.